The quantitative estimate of drug-likeness (QED) is 0.823. The van der Waals surface area contributed by atoms with Crippen LogP contribution < -0.4 is 9.47 Å². The van der Waals surface area contributed by atoms with E-state index in [9.17, 15) is 10.2 Å². The second-order valence-electron chi connectivity index (χ2n) is 4.03. The van der Waals surface area contributed by atoms with Gasteiger partial charge in [0.2, 0.25) is 5.75 Å². The van der Waals surface area contributed by atoms with Crippen molar-refractivity contribution in [2.45, 2.75) is 0 Å². The fourth-order valence-corrected chi connectivity index (χ4v) is 1.65. The summed E-state index contributed by atoms with van der Waals surface area (Å²) in [6.07, 6.45) is 0. The van der Waals surface area contributed by atoms with E-state index in [1.54, 1.807) is 36.4 Å². The highest BCUT2D eigenvalue weighted by Gasteiger charge is 2.09. The standard InChI is InChI=1S/C16H14O4/c1-19-14-9-12(10-15(20-2)16(14)18)4-3-11-5-7-13(17)8-6-11/h5-10,17-18H,1-2H3. The number of phenolic OH excluding ortho intramolecular Hbond substituents is 2. The van der Waals surface area contributed by atoms with Crippen molar-refractivity contribution in [3.8, 4) is 34.8 Å². The van der Waals surface area contributed by atoms with E-state index in [1.807, 2.05) is 0 Å². The zero-order valence-electron chi connectivity index (χ0n) is 11.2. The maximum absolute atomic E-state index is 9.80. The van der Waals surface area contributed by atoms with Crippen molar-refractivity contribution < 1.29 is 19.7 Å². The Bertz CT molecular complexity index is 638. The largest absolute Gasteiger partial charge is 0.508 e. The van der Waals surface area contributed by atoms with Gasteiger partial charge in [0.05, 0.1) is 14.2 Å². The van der Waals surface area contributed by atoms with Gasteiger partial charge in [0.25, 0.3) is 0 Å². The lowest BCUT2D eigenvalue weighted by Crippen LogP contribution is -1.90. The lowest BCUT2D eigenvalue weighted by atomic mass is 10.1. The maximum atomic E-state index is 9.80. The van der Waals surface area contributed by atoms with Gasteiger partial charge >= 0.3 is 0 Å². The Hall–Kier alpha value is -2.80. The number of phenols is 2. The first-order valence-electron chi connectivity index (χ1n) is 5.90. The maximum Gasteiger partial charge on any atom is 0.200 e. The first kappa shape index (κ1) is 13.6. The summed E-state index contributed by atoms with van der Waals surface area (Å²) in [5.41, 5.74) is 1.43. The summed E-state index contributed by atoms with van der Waals surface area (Å²) in [6, 6.07) is 9.84. The zero-order valence-corrected chi connectivity index (χ0v) is 11.2. The molecule has 0 saturated carbocycles. The van der Waals surface area contributed by atoms with E-state index in [4.69, 9.17) is 9.47 Å². The monoisotopic (exact) mass is 270 g/mol. The molecule has 2 rings (SSSR count). The minimum Gasteiger partial charge on any atom is -0.508 e. The second-order valence-corrected chi connectivity index (χ2v) is 4.03. The van der Waals surface area contributed by atoms with Crippen LogP contribution in [0.5, 0.6) is 23.0 Å². The molecule has 0 aliphatic carbocycles. The van der Waals surface area contributed by atoms with Gasteiger partial charge in [-0.05, 0) is 36.4 Å². The van der Waals surface area contributed by atoms with Crippen molar-refractivity contribution in [2.24, 2.45) is 0 Å². The highest BCUT2D eigenvalue weighted by molar-refractivity contribution is 5.57. The van der Waals surface area contributed by atoms with Crippen LogP contribution in [0.15, 0.2) is 36.4 Å². The first-order valence-corrected chi connectivity index (χ1v) is 5.90. The molecule has 0 spiro atoms. The summed E-state index contributed by atoms with van der Waals surface area (Å²) in [6.45, 7) is 0. The van der Waals surface area contributed by atoms with Crippen LogP contribution in [0.25, 0.3) is 0 Å². The molecule has 0 unspecified atom stereocenters. The molecule has 2 N–H and O–H groups in total. The number of aromatic hydroxyl groups is 2. The number of rotatable bonds is 2. The van der Waals surface area contributed by atoms with Crippen LogP contribution in [0.1, 0.15) is 11.1 Å². The fourth-order valence-electron chi connectivity index (χ4n) is 1.65. The van der Waals surface area contributed by atoms with Gasteiger partial charge in [-0.2, -0.15) is 0 Å². The zero-order chi connectivity index (χ0) is 14.5. The van der Waals surface area contributed by atoms with Gasteiger partial charge in [0, 0.05) is 11.1 Å². The normalized spacial score (nSPS) is 9.50. The van der Waals surface area contributed by atoms with E-state index >= 15 is 0 Å². The average Bonchev–Trinajstić information content (AvgIpc) is 2.47. The molecule has 20 heavy (non-hydrogen) atoms. The predicted molar refractivity (Wildman–Crippen MR) is 75.3 cm³/mol. The molecule has 0 heterocycles. The summed E-state index contributed by atoms with van der Waals surface area (Å²) >= 11 is 0. The Kier molecular flexibility index (Phi) is 4.02. The van der Waals surface area contributed by atoms with Crippen LogP contribution in [0.2, 0.25) is 0 Å². The van der Waals surface area contributed by atoms with Crippen molar-refractivity contribution in [2.75, 3.05) is 14.2 Å². The van der Waals surface area contributed by atoms with Crippen molar-refractivity contribution in [1.82, 2.24) is 0 Å². The molecule has 0 radical (unpaired) electrons. The lowest BCUT2D eigenvalue weighted by molar-refractivity contribution is 0.339. The molecule has 4 nitrogen and oxygen atoms in total. The number of hydrogen-bond donors (Lipinski definition) is 2. The SMILES string of the molecule is COc1cc(C#Cc2ccc(O)cc2)cc(OC)c1O. The molecule has 0 fully saturated rings. The van der Waals surface area contributed by atoms with Gasteiger partial charge in [0.15, 0.2) is 11.5 Å². The molecule has 0 bridgehead atoms. The summed E-state index contributed by atoms with van der Waals surface area (Å²) in [5, 5.41) is 19.0. The van der Waals surface area contributed by atoms with Gasteiger partial charge in [-0.1, -0.05) is 11.8 Å². The van der Waals surface area contributed by atoms with E-state index in [0.29, 0.717) is 17.1 Å². The average molecular weight is 270 g/mol. The molecule has 2 aromatic rings. The third kappa shape index (κ3) is 2.96. The van der Waals surface area contributed by atoms with Crippen molar-refractivity contribution >= 4 is 0 Å². The highest BCUT2D eigenvalue weighted by Crippen LogP contribution is 2.36. The van der Waals surface area contributed by atoms with E-state index in [2.05, 4.69) is 11.8 Å². The Balaban J connectivity index is 2.37. The molecule has 0 amide bonds. The number of hydrogen-bond acceptors (Lipinski definition) is 4. The van der Waals surface area contributed by atoms with Crippen LogP contribution in [0, 0.1) is 11.8 Å². The summed E-state index contributed by atoms with van der Waals surface area (Å²) in [5.74, 6) is 6.67. The van der Waals surface area contributed by atoms with Crippen molar-refractivity contribution in [3.63, 3.8) is 0 Å². The third-order valence-electron chi connectivity index (χ3n) is 2.70. The Morgan fingerprint density at radius 3 is 1.80 bits per heavy atom. The van der Waals surface area contributed by atoms with Crippen LogP contribution in [-0.4, -0.2) is 24.4 Å². The van der Waals surface area contributed by atoms with Crippen LogP contribution in [-0.2, 0) is 0 Å². The molecule has 102 valence electrons. The second kappa shape index (κ2) is 5.89. The lowest BCUT2D eigenvalue weighted by Gasteiger charge is -2.08. The van der Waals surface area contributed by atoms with Crippen molar-refractivity contribution in [1.29, 1.82) is 0 Å². The van der Waals surface area contributed by atoms with E-state index in [-0.39, 0.29) is 11.5 Å². The molecule has 0 saturated heterocycles. The molecule has 4 heteroatoms. The minimum atomic E-state index is -0.0508. The number of ether oxygens (including phenoxy) is 2. The van der Waals surface area contributed by atoms with Gasteiger partial charge in [-0.15, -0.1) is 0 Å². The Morgan fingerprint density at radius 1 is 0.800 bits per heavy atom. The number of methoxy groups -OCH3 is 2. The molecule has 0 aliphatic heterocycles. The Labute approximate surface area is 117 Å². The van der Waals surface area contributed by atoms with E-state index < -0.39 is 0 Å². The topological polar surface area (TPSA) is 58.9 Å². The summed E-state index contributed by atoms with van der Waals surface area (Å²) in [4.78, 5) is 0. The predicted octanol–water partition coefficient (Wildman–Crippen LogP) is 2.51. The molecule has 2 aromatic carbocycles. The number of benzene rings is 2. The fraction of sp³-hybridized carbons (Fsp3) is 0.125. The Morgan fingerprint density at radius 2 is 1.30 bits per heavy atom. The molecule has 0 atom stereocenters. The highest BCUT2D eigenvalue weighted by atomic mass is 16.5. The molecular weight excluding hydrogens is 256 g/mol. The minimum absolute atomic E-state index is 0.0508. The van der Waals surface area contributed by atoms with Crippen LogP contribution >= 0.6 is 0 Å². The first-order chi connectivity index (χ1) is 9.63. The van der Waals surface area contributed by atoms with Crippen molar-refractivity contribution in [3.05, 3.63) is 47.5 Å². The van der Waals surface area contributed by atoms with Gasteiger partial charge in [-0.25, -0.2) is 0 Å². The summed E-state index contributed by atoms with van der Waals surface area (Å²) < 4.78 is 10.1. The van der Waals surface area contributed by atoms with Gasteiger partial charge in [0.1, 0.15) is 5.75 Å². The van der Waals surface area contributed by atoms with Gasteiger partial charge in [-0.3, -0.25) is 0 Å². The van der Waals surface area contributed by atoms with Crippen LogP contribution in [0.3, 0.4) is 0 Å². The van der Waals surface area contributed by atoms with Crippen LogP contribution in [0.4, 0.5) is 0 Å². The summed E-state index contributed by atoms with van der Waals surface area (Å²) in [7, 11) is 2.93. The smallest absolute Gasteiger partial charge is 0.200 e. The molecular formula is C16H14O4. The van der Waals surface area contributed by atoms with E-state index in [1.165, 1.54) is 14.2 Å². The third-order valence-corrected chi connectivity index (χ3v) is 2.70. The van der Waals surface area contributed by atoms with E-state index in [0.717, 1.165) is 5.56 Å². The molecule has 0 aromatic heterocycles. The van der Waals surface area contributed by atoms with Gasteiger partial charge < -0.3 is 19.7 Å². The molecule has 0 aliphatic rings.